The molecule has 0 spiro atoms. The van der Waals surface area contributed by atoms with Crippen molar-refractivity contribution in [2.24, 2.45) is 5.73 Å². The van der Waals surface area contributed by atoms with E-state index in [1.165, 1.54) is 25.7 Å². The highest BCUT2D eigenvalue weighted by molar-refractivity contribution is 6.31. The van der Waals surface area contributed by atoms with Crippen LogP contribution in [0.1, 0.15) is 44.6 Å². The summed E-state index contributed by atoms with van der Waals surface area (Å²) in [6.45, 7) is 3.27. The summed E-state index contributed by atoms with van der Waals surface area (Å²) in [6, 6.07) is 6.24. The number of amidine groups is 1. The van der Waals surface area contributed by atoms with Crippen molar-refractivity contribution in [1.82, 2.24) is 0 Å². The van der Waals surface area contributed by atoms with E-state index in [9.17, 15) is 0 Å². The molecule has 0 aliphatic carbocycles. The Labute approximate surface area is 120 Å². The zero-order chi connectivity index (χ0) is 13.8. The van der Waals surface area contributed by atoms with Crippen molar-refractivity contribution in [3.63, 3.8) is 0 Å². The van der Waals surface area contributed by atoms with E-state index in [-0.39, 0.29) is 5.84 Å². The summed E-state index contributed by atoms with van der Waals surface area (Å²) < 4.78 is 0. The number of benzene rings is 1. The van der Waals surface area contributed by atoms with Crippen LogP contribution in [0.3, 0.4) is 0 Å². The zero-order valence-electron chi connectivity index (χ0n) is 11.5. The predicted octanol–water partition coefficient (Wildman–Crippen LogP) is 3.78. The van der Waals surface area contributed by atoms with E-state index in [0.29, 0.717) is 11.1 Å². The Bertz CT molecular complexity index is 459. The van der Waals surface area contributed by atoms with Gasteiger partial charge in [0.05, 0.1) is 0 Å². The smallest absolute Gasteiger partial charge is 0.124 e. The normalized spacial score (nSPS) is 20.1. The lowest BCUT2D eigenvalue weighted by molar-refractivity contribution is 0.556. The van der Waals surface area contributed by atoms with Crippen LogP contribution in [0.25, 0.3) is 0 Å². The Balaban J connectivity index is 2.40. The van der Waals surface area contributed by atoms with Crippen molar-refractivity contribution in [2.75, 3.05) is 11.4 Å². The first-order valence-electron chi connectivity index (χ1n) is 7.04. The van der Waals surface area contributed by atoms with Gasteiger partial charge in [-0.15, -0.1) is 0 Å². The summed E-state index contributed by atoms with van der Waals surface area (Å²) in [7, 11) is 0. The zero-order valence-corrected chi connectivity index (χ0v) is 12.2. The van der Waals surface area contributed by atoms with Gasteiger partial charge in [-0.25, -0.2) is 0 Å². The first kappa shape index (κ1) is 14.2. The molecule has 0 bridgehead atoms. The Morgan fingerprint density at radius 3 is 2.89 bits per heavy atom. The second-order valence-corrected chi connectivity index (χ2v) is 5.62. The molecule has 1 saturated heterocycles. The highest BCUT2D eigenvalue weighted by Crippen LogP contribution is 2.30. The summed E-state index contributed by atoms with van der Waals surface area (Å²) in [5.74, 6) is 0.0941. The monoisotopic (exact) mass is 279 g/mol. The summed E-state index contributed by atoms with van der Waals surface area (Å²) in [5.41, 5.74) is 7.53. The molecule has 1 heterocycles. The number of nitrogens with zero attached hydrogens (tertiary/aromatic N) is 1. The molecule has 3 nitrogen and oxygen atoms in total. The topological polar surface area (TPSA) is 53.1 Å². The van der Waals surface area contributed by atoms with Gasteiger partial charge in [-0.05, 0) is 37.5 Å². The van der Waals surface area contributed by atoms with Crippen molar-refractivity contribution in [2.45, 2.75) is 45.1 Å². The number of nitrogens with two attached hydrogens (primary N) is 1. The Hall–Kier alpha value is -1.22. The van der Waals surface area contributed by atoms with Crippen molar-refractivity contribution < 1.29 is 0 Å². The van der Waals surface area contributed by atoms with E-state index in [2.05, 4.69) is 11.8 Å². The van der Waals surface area contributed by atoms with Gasteiger partial charge in [0.15, 0.2) is 0 Å². The maximum Gasteiger partial charge on any atom is 0.124 e. The van der Waals surface area contributed by atoms with Crippen LogP contribution in [0.4, 0.5) is 5.69 Å². The molecule has 0 aromatic heterocycles. The van der Waals surface area contributed by atoms with Crippen molar-refractivity contribution in [1.29, 1.82) is 5.41 Å². The third kappa shape index (κ3) is 3.21. The molecule has 1 aromatic carbocycles. The third-order valence-electron chi connectivity index (χ3n) is 3.91. The molecular formula is C15H22ClN3. The average molecular weight is 280 g/mol. The second kappa shape index (κ2) is 6.29. The number of nitrogens with one attached hydrogen (secondary N) is 1. The Morgan fingerprint density at radius 1 is 1.42 bits per heavy atom. The van der Waals surface area contributed by atoms with Crippen molar-refractivity contribution in [3.8, 4) is 0 Å². The number of hydrogen-bond donors (Lipinski definition) is 2. The average Bonchev–Trinajstić information content (AvgIpc) is 2.63. The number of nitrogen functional groups attached to an aromatic ring is 1. The molecule has 0 radical (unpaired) electrons. The van der Waals surface area contributed by atoms with Crippen LogP contribution in [-0.2, 0) is 0 Å². The van der Waals surface area contributed by atoms with Crippen molar-refractivity contribution in [3.05, 3.63) is 28.8 Å². The molecule has 1 aliphatic rings. The highest BCUT2D eigenvalue weighted by Gasteiger charge is 2.22. The number of halogens is 1. The maximum atomic E-state index is 7.76. The molecule has 1 aliphatic heterocycles. The van der Waals surface area contributed by atoms with Crippen LogP contribution in [0.5, 0.6) is 0 Å². The van der Waals surface area contributed by atoms with Crippen LogP contribution in [-0.4, -0.2) is 18.4 Å². The van der Waals surface area contributed by atoms with Gasteiger partial charge in [0.25, 0.3) is 0 Å². The molecule has 0 amide bonds. The Kier molecular flexibility index (Phi) is 4.70. The SMILES string of the molecule is CCC1CCCCCN1c1ccc(Cl)cc1C(=N)N. The fourth-order valence-electron chi connectivity index (χ4n) is 2.89. The van der Waals surface area contributed by atoms with Gasteiger partial charge >= 0.3 is 0 Å². The van der Waals surface area contributed by atoms with Gasteiger partial charge in [-0.1, -0.05) is 31.4 Å². The fourth-order valence-corrected chi connectivity index (χ4v) is 3.07. The molecule has 2 rings (SSSR count). The number of rotatable bonds is 3. The Morgan fingerprint density at radius 2 is 2.21 bits per heavy atom. The van der Waals surface area contributed by atoms with Crippen molar-refractivity contribution >= 4 is 23.1 Å². The number of anilines is 1. The van der Waals surface area contributed by atoms with Gasteiger partial charge in [0.2, 0.25) is 0 Å². The molecule has 1 unspecified atom stereocenters. The standard InChI is InChI=1S/C15H22ClN3/c1-2-12-6-4-3-5-9-19(12)14-8-7-11(16)10-13(14)15(17)18/h7-8,10,12H,2-6,9H2,1H3,(H3,17,18). The molecule has 1 fully saturated rings. The molecule has 3 N–H and O–H groups in total. The summed E-state index contributed by atoms with van der Waals surface area (Å²) in [5, 5.41) is 8.40. The lowest BCUT2D eigenvalue weighted by atomic mass is 10.0. The molecule has 4 heteroatoms. The second-order valence-electron chi connectivity index (χ2n) is 5.18. The van der Waals surface area contributed by atoms with Crippen LogP contribution in [0.2, 0.25) is 5.02 Å². The van der Waals surface area contributed by atoms with Gasteiger partial charge in [0, 0.05) is 28.9 Å². The predicted molar refractivity (Wildman–Crippen MR) is 82.4 cm³/mol. The molecule has 1 atom stereocenters. The van der Waals surface area contributed by atoms with E-state index in [0.717, 1.165) is 24.2 Å². The lowest BCUT2D eigenvalue weighted by Crippen LogP contribution is -2.36. The lowest BCUT2D eigenvalue weighted by Gasteiger charge is -2.33. The van der Waals surface area contributed by atoms with E-state index in [1.807, 2.05) is 12.1 Å². The summed E-state index contributed by atoms with van der Waals surface area (Å²) in [4.78, 5) is 2.42. The van der Waals surface area contributed by atoms with E-state index < -0.39 is 0 Å². The molecule has 104 valence electrons. The molecule has 19 heavy (non-hydrogen) atoms. The van der Waals surface area contributed by atoms with Gasteiger partial charge < -0.3 is 10.6 Å². The van der Waals surface area contributed by atoms with Crippen LogP contribution in [0, 0.1) is 5.41 Å². The van der Waals surface area contributed by atoms with Gasteiger partial charge in [-0.3, -0.25) is 5.41 Å². The molecule has 0 saturated carbocycles. The van der Waals surface area contributed by atoms with Gasteiger partial charge in [-0.2, -0.15) is 0 Å². The minimum atomic E-state index is 0.0941. The third-order valence-corrected chi connectivity index (χ3v) is 4.14. The van der Waals surface area contributed by atoms with E-state index >= 15 is 0 Å². The minimum absolute atomic E-state index is 0.0941. The molecular weight excluding hydrogens is 258 g/mol. The fraction of sp³-hybridized carbons (Fsp3) is 0.533. The largest absolute Gasteiger partial charge is 0.384 e. The molecule has 1 aromatic rings. The highest BCUT2D eigenvalue weighted by atomic mass is 35.5. The van der Waals surface area contributed by atoms with Crippen LogP contribution in [0.15, 0.2) is 18.2 Å². The van der Waals surface area contributed by atoms with Crippen LogP contribution < -0.4 is 10.6 Å². The first-order valence-corrected chi connectivity index (χ1v) is 7.42. The first-order chi connectivity index (χ1) is 9.13. The van der Waals surface area contributed by atoms with E-state index in [1.54, 1.807) is 6.07 Å². The summed E-state index contributed by atoms with van der Waals surface area (Å²) >= 11 is 6.03. The number of hydrogen-bond acceptors (Lipinski definition) is 2. The minimum Gasteiger partial charge on any atom is -0.384 e. The quantitative estimate of drug-likeness (QED) is 0.653. The van der Waals surface area contributed by atoms with Gasteiger partial charge in [0.1, 0.15) is 5.84 Å². The van der Waals surface area contributed by atoms with E-state index in [4.69, 9.17) is 22.7 Å². The van der Waals surface area contributed by atoms with Crippen LogP contribution >= 0.6 is 11.6 Å². The maximum absolute atomic E-state index is 7.76. The summed E-state index contributed by atoms with van der Waals surface area (Å²) in [6.07, 6.45) is 6.13.